The molecule has 0 spiro atoms. The van der Waals surface area contributed by atoms with Crippen LogP contribution in [0.1, 0.15) is 17.3 Å². The Hall–Kier alpha value is -1.14. The summed E-state index contributed by atoms with van der Waals surface area (Å²) in [6.45, 7) is 2.00. The SMILES string of the molecule is CCOC(=O)c1c2sscc-2n(C)c1=O. The van der Waals surface area contributed by atoms with Crippen LogP contribution in [0, 0.1) is 0 Å². The van der Waals surface area contributed by atoms with Crippen LogP contribution in [0.15, 0.2) is 10.2 Å². The van der Waals surface area contributed by atoms with E-state index in [4.69, 9.17) is 4.74 Å². The molecule has 2 aliphatic heterocycles. The molecule has 0 aromatic heterocycles. The van der Waals surface area contributed by atoms with Crippen molar-refractivity contribution in [3.8, 4) is 10.6 Å². The molecule has 2 rings (SSSR count). The number of hydrogen-bond donors (Lipinski definition) is 0. The molecule has 0 amide bonds. The van der Waals surface area contributed by atoms with E-state index in [2.05, 4.69) is 0 Å². The predicted molar refractivity (Wildman–Crippen MR) is 60.0 cm³/mol. The largest absolute Gasteiger partial charge is 0.462 e. The Labute approximate surface area is 93.5 Å². The van der Waals surface area contributed by atoms with E-state index in [-0.39, 0.29) is 17.7 Å². The fraction of sp³-hybridized carbons (Fsp3) is 0.333. The van der Waals surface area contributed by atoms with E-state index in [1.54, 1.807) is 14.0 Å². The summed E-state index contributed by atoms with van der Waals surface area (Å²) in [6.07, 6.45) is 0. The van der Waals surface area contributed by atoms with Gasteiger partial charge in [-0.3, -0.25) is 4.79 Å². The summed E-state index contributed by atoms with van der Waals surface area (Å²) in [6, 6.07) is 0. The van der Waals surface area contributed by atoms with Crippen LogP contribution in [0.25, 0.3) is 10.6 Å². The molecule has 2 heterocycles. The molecule has 0 aliphatic carbocycles. The molecule has 0 saturated carbocycles. The molecule has 0 aromatic carbocycles. The van der Waals surface area contributed by atoms with E-state index in [0.717, 1.165) is 10.6 Å². The van der Waals surface area contributed by atoms with Crippen molar-refractivity contribution in [3.63, 3.8) is 0 Å². The summed E-state index contributed by atoms with van der Waals surface area (Å²) in [5.74, 6) is -0.525. The average molecular weight is 243 g/mol. The van der Waals surface area contributed by atoms with Crippen LogP contribution in [-0.4, -0.2) is 17.1 Å². The molecule has 80 valence electrons. The predicted octanol–water partition coefficient (Wildman–Crippen LogP) is 1.79. The number of nitrogens with zero attached hydrogens (tertiary/aromatic N) is 1. The molecule has 0 fully saturated rings. The third-order valence-electron chi connectivity index (χ3n) is 2.11. The highest BCUT2D eigenvalue weighted by Gasteiger charge is 2.26. The quantitative estimate of drug-likeness (QED) is 0.597. The van der Waals surface area contributed by atoms with Gasteiger partial charge in [0.2, 0.25) is 0 Å². The third kappa shape index (κ3) is 1.49. The Morgan fingerprint density at radius 2 is 2.33 bits per heavy atom. The van der Waals surface area contributed by atoms with E-state index in [1.807, 2.05) is 5.38 Å². The maximum atomic E-state index is 11.7. The molecule has 4 nitrogen and oxygen atoms in total. The minimum Gasteiger partial charge on any atom is -0.462 e. The smallest absolute Gasteiger partial charge is 0.345 e. The van der Waals surface area contributed by atoms with Crippen LogP contribution < -0.4 is 5.56 Å². The van der Waals surface area contributed by atoms with Crippen molar-refractivity contribution >= 4 is 26.7 Å². The van der Waals surface area contributed by atoms with E-state index >= 15 is 0 Å². The Morgan fingerprint density at radius 3 is 3.00 bits per heavy atom. The molecule has 0 N–H and O–H groups in total. The normalized spacial score (nSPS) is 10.8. The molecule has 0 radical (unpaired) electrons. The fourth-order valence-corrected chi connectivity index (χ4v) is 3.71. The van der Waals surface area contributed by atoms with Crippen LogP contribution >= 0.6 is 20.7 Å². The maximum absolute atomic E-state index is 11.7. The zero-order valence-electron chi connectivity index (χ0n) is 8.27. The summed E-state index contributed by atoms with van der Waals surface area (Å²) in [7, 11) is 4.59. The van der Waals surface area contributed by atoms with Crippen LogP contribution in [0.5, 0.6) is 0 Å². The molecular weight excluding hydrogens is 234 g/mol. The third-order valence-corrected chi connectivity index (χ3v) is 4.18. The van der Waals surface area contributed by atoms with Gasteiger partial charge in [0.15, 0.2) is 0 Å². The number of hydrogen-bond acceptors (Lipinski definition) is 5. The van der Waals surface area contributed by atoms with Gasteiger partial charge in [0.25, 0.3) is 5.56 Å². The molecule has 0 saturated heterocycles. The first-order valence-electron chi connectivity index (χ1n) is 4.40. The van der Waals surface area contributed by atoms with Gasteiger partial charge in [0, 0.05) is 12.4 Å². The van der Waals surface area contributed by atoms with Crippen molar-refractivity contribution in [1.82, 2.24) is 4.57 Å². The van der Waals surface area contributed by atoms with Crippen LogP contribution in [0.2, 0.25) is 0 Å². The lowest BCUT2D eigenvalue weighted by molar-refractivity contribution is 0.0526. The Balaban J connectivity index is 2.61. The van der Waals surface area contributed by atoms with Gasteiger partial charge in [-0.25, -0.2) is 4.79 Å². The summed E-state index contributed by atoms with van der Waals surface area (Å²) in [5, 5.41) is 1.87. The first-order valence-corrected chi connectivity index (χ1v) is 6.61. The van der Waals surface area contributed by atoms with Crippen molar-refractivity contribution in [3.05, 3.63) is 21.3 Å². The molecular formula is C9H9NO3S2. The summed E-state index contributed by atoms with van der Waals surface area (Å²) in [4.78, 5) is 24.0. The van der Waals surface area contributed by atoms with Gasteiger partial charge < -0.3 is 9.30 Å². The van der Waals surface area contributed by atoms with Gasteiger partial charge in [-0.05, 0) is 6.92 Å². The lowest BCUT2D eigenvalue weighted by Gasteiger charge is -1.97. The van der Waals surface area contributed by atoms with Crippen molar-refractivity contribution in [2.45, 2.75) is 6.92 Å². The van der Waals surface area contributed by atoms with Crippen LogP contribution in [0.3, 0.4) is 0 Å². The molecule has 15 heavy (non-hydrogen) atoms. The topological polar surface area (TPSA) is 48.3 Å². The Morgan fingerprint density at radius 1 is 1.60 bits per heavy atom. The number of carbonyl (C=O) groups is 1. The van der Waals surface area contributed by atoms with Crippen LogP contribution in [0.4, 0.5) is 0 Å². The Bertz CT molecular complexity index is 522. The number of rotatable bonds is 2. The van der Waals surface area contributed by atoms with Gasteiger partial charge in [-0.15, -0.1) is 0 Å². The molecule has 6 heteroatoms. The van der Waals surface area contributed by atoms with Gasteiger partial charge in [-0.1, -0.05) is 20.7 Å². The average Bonchev–Trinajstić information content (AvgIpc) is 2.73. The molecule has 0 unspecified atom stereocenters. The summed E-state index contributed by atoms with van der Waals surface area (Å²) < 4.78 is 6.34. The highest BCUT2D eigenvalue weighted by molar-refractivity contribution is 7.70. The van der Waals surface area contributed by atoms with E-state index < -0.39 is 5.97 Å². The second-order valence-electron chi connectivity index (χ2n) is 2.97. The number of ether oxygens (including phenoxy) is 1. The van der Waals surface area contributed by atoms with E-state index in [0.29, 0.717) is 0 Å². The van der Waals surface area contributed by atoms with Crippen molar-refractivity contribution < 1.29 is 9.53 Å². The fourth-order valence-electron chi connectivity index (χ4n) is 1.37. The van der Waals surface area contributed by atoms with Crippen molar-refractivity contribution in [2.24, 2.45) is 7.05 Å². The highest BCUT2D eigenvalue weighted by Crippen LogP contribution is 2.34. The molecule has 2 aliphatic rings. The summed E-state index contributed by atoms with van der Waals surface area (Å²) >= 11 is 0. The van der Waals surface area contributed by atoms with Gasteiger partial charge in [-0.2, -0.15) is 0 Å². The highest BCUT2D eigenvalue weighted by atomic mass is 32.9. The second kappa shape index (κ2) is 3.79. The van der Waals surface area contributed by atoms with Crippen molar-refractivity contribution in [1.29, 1.82) is 0 Å². The maximum Gasteiger partial charge on any atom is 0.345 e. The standard InChI is InChI=1S/C9H9NO3S2/c1-3-13-9(12)6-7-5(4-14-15-7)10(2)8(6)11/h4H,3H2,1-2H3. The first-order chi connectivity index (χ1) is 7.16. The van der Waals surface area contributed by atoms with E-state index in [1.165, 1.54) is 25.2 Å². The van der Waals surface area contributed by atoms with Crippen molar-refractivity contribution in [2.75, 3.05) is 6.61 Å². The minimum atomic E-state index is -0.525. The molecule has 0 aromatic rings. The van der Waals surface area contributed by atoms with E-state index in [9.17, 15) is 9.59 Å². The zero-order chi connectivity index (χ0) is 11.0. The lowest BCUT2D eigenvalue weighted by atomic mass is 10.3. The molecule has 0 atom stereocenters. The first kappa shape index (κ1) is 10.4. The lowest BCUT2D eigenvalue weighted by Crippen LogP contribution is -2.19. The zero-order valence-corrected chi connectivity index (χ0v) is 9.91. The van der Waals surface area contributed by atoms with Gasteiger partial charge in [0.05, 0.1) is 17.2 Å². The number of fused-ring (bicyclic) bond motifs is 1. The second-order valence-corrected chi connectivity index (χ2v) is 5.05. The summed E-state index contributed by atoms with van der Waals surface area (Å²) in [5.41, 5.74) is 0.696. The number of carbonyl (C=O) groups excluding carboxylic acids is 1. The van der Waals surface area contributed by atoms with Gasteiger partial charge >= 0.3 is 5.97 Å². The molecule has 0 bridgehead atoms. The number of esters is 1. The Kier molecular flexibility index (Phi) is 2.62. The van der Waals surface area contributed by atoms with Gasteiger partial charge in [0.1, 0.15) is 5.56 Å². The van der Waals surface area contributed by atoms with Crippen LogP contribution in [-0.2, 0) is 11.8 Å². The monoisotopic (exact) mass is 243 g/mol. The minimum absolute atomic E-state index is 0.167. The number of aromatic nitrogens is 1.